The van der Waals surface area contributed by atoms with E-state index < -0.39 is 0 Å². The van der Waals surface area contributed by atoms with Crippen LogP contribution in [-0.2, 0) is 11.3 Å². The zero-order valence-electron chi connectivity index (χ0n) is 9.53. The fourth-order valence-electron chi connectivity index (χ4n) is 1.66. The Morgan fingerprint density at radius 1 is 1.56 bits per heavy atom. The number of furan rings is 1. The molecule has 0 unspecified atom stereocenters. The second-order valence-corrected chi connectivity index (χ2v) is 4.06. The molecule has 2 rings (SSSR count). The molecule has 1 aliphatic heterocycles. The van der Waals surface area contributed by atoms with Crippen LogP contribution in [0, 0.1) is 12.8 Å². The predicted octanol–water partition coefficient (Wildman–Crippen LogP) is 1.19. The lowest BCUT2D eigenvalue weighted by Crippen LogP contribution is -2.50. The highest BCUT2D eigenvalue weighted by Gasteiger charge is 2.27. The highest BCUT2D eigenvalue weighted by Crippen LogP contribution is 2.12. The van der Waals surface area contributed by atoms with Gasteiger partial charge in [0, 0.05) is 20.1 Å². The summed E-state index contributed by atoms with van der Waals surface area (Å²) in [6.07, 6.45) is 0. The van der Waals surface area contributed by atoms with Crippen molar-refractivity contribution in [3.8, 4) is 0 Å². The van der Waals surface area contributed by atoms with Crippen LogP contribution in [0.4, 0.5) is 0 Å². The summed E-state index contributed by atoms with van der Waals surface area (Å²) in [5.74, 6) is 2.08. The molecule has 1 amide bonds. The summed E-state index contributed by atoms with van der Waals surface area (Å²) in [4.78, 5) is 13.5. The van der Waals surface area contributed by atoms with E-state index in [1.54, 1.807) is 4.90 Å². The third-order valence-corrected chi connectivity index (χ3v) is 2.70. The minimum absolute atomic E-state index is 0. The quantitative estimate of drug-likeness (QED) is 0.869. The van der Waals surface area contributed by atoms with Crippen molar-refractivity contribution in [3.63, 3.8) is 0 Å². The summed E-state index contributed by atoms with van der Waals surface area (Å²) >= 11 is 0. The molecule has 5 heteroatoms. The second-order valence-electron chi connectivity index (χ2n) is 4.06. The third-order valence-electron chi connectivity index (χ3n) is 2.70. The summed E-state index contributed by atoms with van der Waals surface area (Å²) in [7, 11) is 1.82. The number of nitrogens with zero attached hydrogens (tertiary/aromatic N) is 1. The van der Waals surface area contributed by atoms with Crippen LogP contribution in [0.5, 0.6) is 0 Å². The number of carbonyl (C=O) groups excluding carboxylic acids is 1. The van der Waals surface area contributed by atoms with E-state index in [9.17, 15) is 4.79 Å². The number of hydrogen-bond acceptors (Lipinski definition) is 3. The first-order valence-corrected chi connectivity index (χ1v) is 5.18. The molecule has 4 nitrogen and oxygen atoms in total. The highest BCUT2D eigenvalue weighted by molar-refractivity contribution is 5.85. The Morgan fingerprint density at radius 3 is 2.69 bits per heavy atom. The van der Waals surface area contributed by atoms with Gasteiger partial charge in [-0.1, -0.05) is 0 Å². The summed E-state index contributed by atoms with van der Waals surface area (Å²) in [5, 5.41) is 3.09. The Morgan fingerprint density at radius 2 is 2.25 bits per heavy atom. The van der Waals surface area contributed by atoms with Crippen LogP contribution in [0.2, 0.25) is 0 Å². The molecule has 2 heterocycles. The van der Waals surface area contributed by atoms with E-state index in [1.807, 2.05) is 26.1 Å². The molecule has 1 aromatic rings. The maximum absolute atomic E-state index is 11.8. The summed E-state index contributed by atoms with van der Waals surface area (Å²) in [5.41, 5.74) is 0. The van der Waals surface area contributed by atoms with Crippen molar-refractivity contribution >= 4 is 18.3 Å². The lowest BCUT2D eigenvalue weighted by Gasteiger charge is -2.29. The van der Waals surface area contributed by atoms with Gasteiger partial charge in [0.05, 0.1) is 12.5 Å². The summed E-state index contributed by atoms with van der Waals surface area (Å²) in [6, 6.07) is 3.83. The number of amides is 1. The van der Waals surface area contributed by atoms with Gasteiger partial charge in [0.15, 0.2) is 0 Å². The van der Waals surface area contributed by atoms with E-state index in [2.05, 4.69) is 5.32 Å². The Balaban J connectivity index is 0.00000128. The number of carbonyl (C=O) groups is 1. The van der Waals surface area contributed by atoms with Crippen molar-refractivity contribution in [1.29, 1.82) is 0 Å². The monoisotopic (exact) mass is 244 g/mol. The maximum atomic E-state index is 11.8. The van der Waals surface area contributed by atoms with Crippen LogP contribution >= 0.6 is 12.4 Å². The fraction of sp³-hybridized carbons (Fsp3) is 0.545. The van der Waals surface area contributed by atoms with E-state index in [4.69, 9.17) is 4.42 Å². The molecule has 1 aromatic heterocycles. The van der Waals surface area contributed by atoms with Gasteiger partial charge in [-0.3, -0.25) is 4.79 Å². The van der Waals surface area contributed by atoms with Gasteiger partial charge in [0.25, 0.3) is 0 Å². The third kappa shape index (κ3) is 2.77. The van der Waals surface area contributed by atoms with Gasteiger partial charge >= 0.3 is 0 Å². The number of hydrogen-bond donors (Lipinski definition) is 1. The van der Waals surface area contributed by atoms with E-state index in [-0.39, 0.29) is 24.2 Å². The molecular weight excluding hydrogens is 228 g/mol. The van der Waals surface area contributed by atoms with Crippen LogP contribution in [0.25, 0.3) is 0 Å². The number of rotatable bonds is 3. The molecule has 1 fully saturated rings. The highest BCUT2D eigenvalue weighted by atomic mass is 35.5. The molecule has 16 heavy (non-hydrogen) atoms. The molecule has 0 aromatic carbocycles. The van der Waals surface area contributed by atoms with Gasteiger partial charge in [-0.05, 0) is 19.1 Å². The zero-order valence-corrected chi connectivity index (χ0v) is 10.3. The Hall–Kier alpha value is -1.00. The largest absolute Gasteiger partial charge is 0.464 e. The number of nitrogens with one attached hydrogen (secondary N) is 1. The molecule has 1 saturated heterocycles. The second kappa shape index (κ2) is 5.37. The molecule has 0 radical (unpaired) electrons. The fourth-order valence-corrected chi connectivity index (χ4v) is 1.66. The van der Waals surface area contributed by atoms with E-state index in [0.717, 1.165) is 24.6 Å². The SMILES string of the molecule is Cc1ccc(CN(C)C(=O)C2CNC2)o1.Cl. The standard InChI is InChI=1S/C11H16N2O2.ClH/c1-8-3-4-10(15-8)7-13(2)11(14)9-5-12-6-9;/h3-4,9,12H,5-7H2,1-2H3;1H. The average Bonchev–Trinajstić information content (AvgIpc) is 2.48. The molecule has 0 aliphatic carbocycles. The van der Waals surface area contributed by atoms with Crippen molar-refractivity contribution in [2.24, 2.45) is 5.92 Å². The van der Waals surface area contributed by atoms with Crippen molar-refractivity contribution in [2.75, 3.05) is 20.1 Å². The molecule has 90 valence electrons. The first-order chi connectivity index (χ1) is 7.16. The topological polar surface area (TPSA) is 45.5 Å². The van der Waals surface area contributed by atoms with Gasteiger partial charge in [0.1, 0.15) is 11.5 Å². The minimum Gasteiger partial charge on any atom is -0.464 e. The van der Waals surface area contributed by atoms with Crippen molar-refractivity contribution in [3.05, 3.63) is 23.7 Å². The van der Waals surface area contributed by atoms with Crippen LogP contribution in [-0.4, -0.2) is 30.9 Å². The molecule has 1 aliphatic rings. The summed E-state index contributed by atoms with van der Waals surface area (Å²) in [6.45, 7) is 4.07. The Labute approximate surface area is 101 Å². The van der Waals surface area contributed by atoms with Crippen LogP contribution in [0.1, 0.15) is 11.5 Å². The summed E-state index contributed by atoms with van der Waals surface area (Å²) < 4.78 is 5.43. The Bertz CT molecular complexity index is 361. The van der Waals surface area contributed by atoms with Gasteiger partial charge in [-0.15, -0.1) is 12.4 Å². The molecule has 1 N–H and O–H groups in total. The zero-order chi connectivity index (χ0) is 10.8. The van der Waals surface area contributed by atoms with Gasteiger partial charge < -0.3 is 14.6 Å². The molecule has 0 saturated carbocycles. The first kappa shape index (κ1) is 13.1. The lowest BCUT2D eigenvalue weighted by molar-refractivity contribution is -0.136. The van der Waals surface area contributed by atoms with Crippen molar-refractivity contribution in [1.82, 2.24) is 10.2 Å². The number of aryl methyl sites for hydroxylation is 1. The molecule has 0 bridgehead atoms. The van der Waals surface area contributed by atoms with Crippen LogP contribution in [0.3, 0.4) is 0 Å². The van der Waals surface area contributed by atoms with Gasteiger partial charge in [-0.25, -0.2) is 0 Å². The number of halogens is 1. The first-order valence-electron chi connectivity index (χ1n) is 5.18. The average molecular weight is 245 g/mol. The maximum Gasteiger partial charge on any atom is 0.228 e. The molecule has 0 atom stereocenters. The lowest BCUT2D eigenvalue weighted by atomic mass is 10.0. The van der Waals surface area contributed by atoms with Crippen LogP contribution in [0.15, 0.2) is 16.5 Å². The van der Waals surface area contributed by atoms with E-state index in [1.165, 1.54) is 0 Å². The minimum atomic E-state index is 0. The molecular formula is C11H17ClN2O2. The van der Waals surface area contributed by atoms with Gasteiger partial charge in [-0.2, -0.15) is 0 Å². The van der Waals surface area contributed by atoms with Crippen molar-refractivity contribution < 1.29 is 9.21 Å². The van der Waals surface area contributed by atoms with E-state index in [0.29, 0.717) is 6.54 Å². The normalized spacial score (nSPS) is 15.1. The van der Waals surface area contributed by atoms with Crippen LogP contribution < -0.4 is 5.32 Å². The van der Waals surface area contributed by atoms with Crippen molar-refractivity contribution in [2.45, 2.75) is 13.5 Å². The van der Waals surface area contributed by atoms with Gasteiger partial charge in [0.2, 0.25) is 5.91 Å². The molecule has 0 spiro atoms. The smallest absolute Gasteiger partial charge is 0.228 e. The Kier molecular flexibility index (Phi) is 4.38. The predicted molar refractivity (Wildman–Crippen MR) is 63.5 cm³/mol. The van der Waals surface area contributed by atoms with E-state index >= 15 is 0 Å².